The van der Waals surface area contributed by atoms with Gasteiger partial charge in [-0.1, -0.05) is 0 Å². The highest BCUT2D eigenvalue weighted by atomic mass is 32.2. The predicted octanol–water partition coefficient (Wildman–Crippen LogP) is 1.31. The van der Waals surface area contributed by atoms with Crippen molar-refractivity contribution < 1.29 is 12.8 Å². The van der Waals surface area contributed by atoms with Crippen molar-refractivity contribution in [3.63, 3.8) is 0 Å². The van der Waals surface area contributed by atoms with Crippen molar-refractivity contribution >= 4 is 26.6 Å². The van der Waals surface area contributed by atoms with E-state index < -0.39 is 9.84 Å². The summed E-state index contributed by atoms with van der Waals surface area (Å²) in [4.78, 5) is 4.31. The van der Waals surface area contributed by atoms with E-state index >= 15 is 0 Å². The van der Waals surface area contributed by atoms with Crippen molar-refractivity contribution in [2.75, 3.05) is 17.2 Å². The Morgan fingerprint density at radius 2 is 2.24 bits per heavy atom. The van der Waals surface area contributed by atoms with Crippen LogP contribution in [-0.2, 0) is 9.84 Å². The van der Waals surface area contributed by atoms with Crippen molar-refractivity contribution in [1.29, 1.82) is 0 Å². The maximum atomic E-state index is 11.4. The topological polar surface area (TPSA) is 86.2 Å². The second-order valence-corrected chi connectivity index (χ2v) is 6.61. The van der Waals surface area contributed by atoms with Crippen LogP contribution < -0.4 is 5.73 Å². The minimum atomic E-state index is -2.91. The Balaban J connectivity index is 2.02. The number of sulfone groups is 1. The molecule has 0 saturated carbocycles. The van der Waals surface area contributed by atoms with Gasteiger partial charge in [0.25, 0.3) is 0 Å². The lowest BCUT2D eigenvalue weighted by molar-refractivity contribution is 0.489. The summed E-state index contributed by atoms with van der Waals surface area (Å²) in [6.07, 6.45) is 0.588. The van der Waals surface area contributed by atoms with Gasteiger partial charge in [-0.15, -0.1) is 0 Å². The molecule has 5 nitrogen and oxygen atoms in total. The Bertz CT molecular complexity index is 675. The molecule has 2 aromatic rings. The smallest absolute Gasteiger partial charge is 0.199 e. The number of anilines is 1. The Morgan fingerprint density at radius 1 is 1.41 bits per heavy atom. The summed E-state index contributed by atoms with van der Waals surface area (Å²) in [6, 6.07) is 5.23. The molecule has 1 atom stereocenters. The zero-order chi connectivity index (χ0) is 12.0. The first-order valence-corrected chi connectivity index (χ1v) is 7.22. The van der Waals surface area contributed by atoms with Crippen molar-refractivity contribution in [3.05, 3.63) is 24.1 Å². The monoisotopic (exact) mass is 252 g/mol. The largest absolute Gasteiger partial charge is 0.440 e. The van der Waals surface area contributed by atoms with E-state index in [-0.39, 0.29) is 17.4 Å². The summed E-state index contributed by atoms with van der Waals surface area (Å²) in [5, 5.41) is 0. The van der Waals surface area contributed by atoms with Crippen LogP contribution in [0.15, 0.2) is 22.6 Å². The number of aromatic nitrogens is 1. The summed E-state index contributed by atoms with van der Waals surface area (Å²) in [5.41, 5.74) is 7.59. The zero-order valence-corrected chi connectivity index (χ0v) is 9.90. The van der Waals surface area contributed by atoms with Gasteiger partial charge in [-0.05, 0) is 18.6 Å². The normalized spacial score (nSPS) is 23.2. The quantitative estimate of drug-likeness (QED) is 0.773. The van der Waals surface area contributed by atoms with Gasteiger partial charge in [0, 0.05) is 11.8 Å². The molecule has 3 rings (SSSR count). The highest BCUT2D eigenvalue weighted by molar-refractivity contribution is 7.91. The number of benzene rings is 1. The molecule has 1 aliphatic rings. The molecule has 90 valence electrons. The Morgan fingerprint density at radius 3 is 2.94 bits per heavy atom. The third kappa shape index (κ3) is 1.88. The summed E-state index contributed by atoms with van der Waals surface area (Å²) < 4.78 is 28.4. The van der Waals surface area contributed by atoms with E-state index in [9.17, 15) is 8.42 Å². The Kier molecular flexibility index (Phi) is 2.16. The second kappa shape index (κ2) is 3.46. The van der Waals surface area contributed by atoms with E-state index in [0.717, 1.165) is 5.52 Å². The fraction of sp³-hybridized carbons (Fsp3) is 0.364. The minimum absolute atomic E-state index is 0.117. The van der Waals surface area contributed by atoms with Gasteiger partial charge >= 0.3 is 0 Å². The van der Waals surface area contributed by atoms with Gasteiger partial charge in [-0.25, -0.2) is 13.4 Å². The van der Waals surface area contributed by atoms with Crippen LogP contribution in [-0.4, -0.2) is 24.9 Å². The van der Waals surface area contributed by atoms with Gasteiger partial charge < -0.3 is 10.2 Å². The Hall–Kier alpha value is -1.56. The standard InChI is InChI=1S/C11H12N2O3S/c12-8-1-2-9-10(5-8)16-11(13-9)7-3-4-17(14,15)6-7/h1-2,5,7H,3-4,6,12H2. The van der Waals surface area contributed by atoms with E-state index in [0.29, 0.717) is 23.6 Å². The number of oxazole rings is 1. The van der Waals surface area contributed by atoms with Crippen LogP contribution in [0.4, 0.5) is 5.69 Å². The average Bonchev–Trinajstić information content (AvgIpc) is 2.80. The van der Waals surface area contributed by atoms with Gasteiger partial charge in [0.1, 0.15) is 5.52 Å². The highest BCUT2D eigenvalue weighted by Gasteiger charge is 2.32. The number of nitrogen functional groups attached to an aromatic ring is 1. The average molecular weight is 252 g/mol. The first-order chi connectivity index (χ1) is 8.03. The highest BCUT2D eigenvalue weighted by Crippen LogP contribution is 2.30. The van der Waals surface area contributed by atoms with E-state index in [1.54, 1.807) is 18.2 Å². The molecule has 17 heavy (non-hydrogen) atoms. The molecular formula is C11H12N2O3S. The number of nitrogens with two attached hydrogens (primary N) is 1. The third-order valence-corrected chi connectivity index (χ3v) is 4.78. The van der Waals surface area contributed by atoms with Gasteiger partial charge in [0.05, 0.1) is 17.4 Å². The van der Waals surface area contributed by atoms with Crippen LogP contribution in [0.25, 0.3) is 11.1 Å². The fourth-order valence-electron chi connectivity index (χ4n) is 2.12. The van der Waals surface area contributed by atoms with Gasteiger partial charge in [-0.2, -0.15) is 0 Å². The van der Waals surface area contributed by atoms with E-state index in [2.05, 4.69) is 4.98 Å². The van der Waals surface area contributed by atoms with Crippen molar-refractivity contribution in [1.82, 2.24) is 4.98 Å². The Labute approximate surface area is 98.5 Å². The number of hydrogen-bond acceptors (Lipinski definition) is 5. The molecule has 0 spiro atoms. The van der Waals surface area contributed by atoms with Crippen molar-refractivity contribution in [3.8, 4) is 0 Å². The molecule has 1 aromatic heterocycles. The molecule has 1 aliphatic heterocycles. The molecule has 1 fully saturated rings. The summed E-state index contributed by atoms with van der Waals surface area (Å²) in [5.74, 6) is 0.744. The predicted molar refractivity (Wildman–Crippen MR) is 64.4 cm³/mol. The molecule has 0 amide bonds. The van der Waals surface area contributed by atoms with Gasteiger partial charge in [0.15, 0.2) is 21.3 Å². The third-order valence-electron chi connectivity index (χ3n) is 3.01. The molecule has 1 unspecified atom stereocenters. The summed E-state index contributed by atoms with van der Waals surface area (Å²) in [6.45, 7) is 0. The lowest BCUT2D eigenvalue weighted by atomic mass is 10.1. The maximum absolute atomic E-state index is 11.4. The molecule has 6 heteroatoms. The lowest BCUT2D eigenvalue weighted by Crippen LogP contribution is -2.03. The molecule has 2 N–H and O–H groups in total. The van der Waals surface area contributed by atoms with Crippen LogP contribution in [0.3, 0.4) is 0 Å². The molecular weight excluding hydrogens is 240 g/mol. The van der Waals surface area contributed by atoms with Crippen LogP contribution in [0.5, 0.6) is 0 Å². The number of nitrogens with zero attached hydrogens (tertiary/aromatic N) is 1. The second-order valence-electron chi connectivity index (χ2n) is 4.38. The zero-order valence-electron chi connectivity index (χ0n) is 9.09. The number of rotatable bonds is 1. The number of fused-ring (bicyclic) bond motifs is 1. The molecule has 2 heterocycles. The summed E-state index contributed by atoms with van der Waals surface area (Å²) >= 11 is 0. The minimum Gasteiger partial charge on any atom is -0.440 e. The van der Waals surface area contributed by atoms with Crippen LogP contribution in [0.1, 0.15) is 18.2 Å². The molecule has 0 aliphatic carbocycles. The van der Waals surface area contributed by atoms with Crippen LogP contribution in [0.2, 0.25) is 0 Å². The first kappa shape index (κ1) is 10.6. The van der Waals surface area contributed by atoms with Gasteiger partial charge in [0.2, 0.25) is 0 Å². The SMILES string of the molecule is Nc1ccc2nc(C3CCS(=O)(=O)C3)oc2c1. The molecule has 0 radical (unpaired) electrons. The maximum Gasteiger partial charge on any atom is 0.199 e. The van der Waals surface area contributed by atoms with Crippen LogP contribution >= 0.6 is 0 Å². The molecule has 1 saturated heterocycles. The van der Waals surface area contributed by atoms with E-state index in [1.807, 2.05) is 0 Å². The van der Waals surface area contributed by atoms with E-state index in [4.69, 9.17) is 10.2 Å². The first-order valence-electron chi connectivity index (χ1n) is 5.40. The van der Waals surface area contributed by atoms with Crippen LogP contribution in [0, 0.1) is 0 Å². The lowest BCUT2D eigenvalue weighted by Gasteiger charge is -1.99. The molecule has 1 aromatic carbocycles. The van der Waals surface area contributed by atoms with Gasteiger partial charge in [-0.3, -0.25) is 0 Å². The van der Waals surface area contributed by atoms with Crippen molar-refractivity contribution in [2.24, 2.45) is 0 Å². The van der Waals surface area contributed by atoms with E-state index in [1.165, 1.54) is 0 Å². The number of hydrogen-bond donors (Lipinski definition) is 1. The summed E-state index contributed by atoms with van der Waals surface area (Å²) in [7, 11) is -2.91. The fourth-order valence-corrected chi connectivity index (χ4v) is 3.86. The molecule has 0 bridgehead atoms. The van der Waals surface area contributed by atoms with Crippen molar-refractivity contribution in [2.45, 2.75) is 12.3 Å².